The number of aliphatic hydroxyl groups is 1. The van der Waals surface area contributed by atoms with E-state index in [1.807, 2.05) is 0 Å². The molecular weight excluding hydrogens is 247 g/mol. The third-order valence-electron chi connectivity index (χ3n) is 3.64. The van der Waals surface area contributed by atoms with Gasteiger partial charge < -0.3 is 9.84 Å². The second kappa shape index (κ2) is 5.75. The number of alkyl halides is 3. The largest absolute Gasteiger partial charge is 0.395 e. The average Bonchev–Trinajstić information content (AvgIpc) is 2.31. The topological polar surface area (TPSA) is 41.5 Å². The zero-order valence-electron chi connectivity index (χ0n) is 10.1. The van der Waals surface area contributed by atoms with Crippen LogP contribution in [-0.2, 0) is 4.74 Å². The van der Waals surface area contributed by atoms with Gasteiger partial charge in [0, 0.05) is 12.6 Å². The van der Waals surface area contributed by atoms with E-state index in [9.17, 15) is 18.3 Å². The SMILES string of the molecule is OC1CCC(N[C@@H]2OCC[CH][C@H]2C(F)(F)F)CC1. The molecule has 0 bridgehead atoms. The first-order chi connectivity index (χ1) is 8.47. The summed E-state index contributed by atoms with van der Waals surface area (Å²) in [6, 6.07) is 0.00903. The van der Waals surface area contributed by atoms with Gasteiger partial charge in [-0.25, -0.2) is 0 Å². The van der Waals surface area contributed by atoms with Crippen molar-refractivity contribution >= 4 is 0 Å². The first-order valence-electron chi connectivity index (χ1n) is 6.42. The normalized spacial score (nSPS) is 38.7. The van der Waals surface area contributed by atoms with Crippen LogP contribution in [0.25, 0.3) is 0 Å². The van der Waals surface area contributed by atoms with E-state index in [0.29, 0.717) is 38.7 Å². The molecule has 2 atom stereocenters. The van der Waals surface area contributed by atoms with Gasteiger partial charge in [-0.2, -0.15) is 13.2 Å². The summed E-state index contributed by atoms with van der Waals surface area (Å²) >= 11 is 0. The van der Waals surface area contributed by atoms with Crippen molar-refractivity contribution in [1.82, 2.24) is 5.32 Å². The van der Waals surface area contributed by atoms with E-state index in [-0.39, 0.29) is 12.1 Å². The Hall–Kier alpha value is -0.330. The standard InChI is InChI=1S/C12H19F3NO2/c13-12(14,15)10-2-1-7-18-11(10)16-8-3-5-9(17)6-4-8/h2,8-11,16-17H,1,3-7H2/t8?,9?,10-,11-/m1/s1. The minimum absolute atomic E-state index is 0.00903. The van der Waals surface area contributed by atoms with Crippen molar-refractivity contribution < 1.29 is 23.0 Å². The van der Waals surface area contributed by atoms with Gasteiger partial charge in [0.05, 0.1) is 12.0 Å². The zero-order chi connectivity index (χ0) is 13.2. The maximum absolute atomic E-state index is 12.8. The Morgan fingerprint density at radius 1 is 1.17 bits per heavy atom. The quantitative estimate of drug-likeness (QED) is 0.803. The average molecular weight is 266 g/mol. The lowest BCUT2D eigenvalue weighted by atomic mass is 9.91. The number of hydrogen-bond acceptors (Lipinski definition) is 3. The van der Waals surface area contributed by atoms with Gasteiger partial charge in [-0.15, -0.1) is 0 Å². The Balaban J connectivity index is 1.89. The third-order valence-corrected chi connectivity index (χ3v) is 3.64. The summed E-state index contributed by atoms with van der Waals surface area (Å²) in [7, 11) is 0. The monoisotopic (exact) mass is 266 g/mol. The van der Waals surface area contributed by atoms with Gasteiger partial charge in [0.2, 0.25) is 0 Å². The van der Waals surface area contributed by atoms with Crippen LogP contribution in [0.4, 0.5) is 13.2 Å². The first kappa shape index (κ1) is 14.1. The molecule has 3 nitrogen and oxygen atoms in total. The molecule has 1 aliphatic carbocycles. The van der Waals surface area contributed by atoms with E-state index in [0.717, 1.165) is 0 Å². The van der Waals surface area contributed by atoms with Crippen LogP contribution in [0.2, 0.25) is 0 Å². The lowest BCUT2D eigenvalue weighted by Crippen LogP contribution is -2.52. The second-order valence-electron chi connectivity index (χ2n) is 5.06. The lowest BCUT2D eigenvalue weighted by Gasteiger charge is -2.37. The van der Waals surface area contributed by atoms with E-state index in [2.05, 4.69) is 5.32 Å². The van der Waals surface area contributed by atoms with Crippen LogP contribution in [0.1, 0.15) is 32.1 Å². The number of aliphatic hydroxyl groups excluding tert-OH is 1. The molecule has 6 heteroatoms. The van der Waals surface area contributed by atoms with Crippen LogP contribution in [0.5, 0.6) is 0 Å². The van der Waals surface area contributed by atoms with Crippen LogP contribution in [0.15, 0.2) is 0 Å². The predicted octanol–water partition coefficient (Wildman–Crippen LogP) is 2.01. The van der Waals surface area contributed by atoms with Crippen molar-refractivity contribution in [3.05, 3.63) is 6.42 Å². The first-order valence-corrected chi connectivity index (χ1v) is 6.42. The van der Waals surface area contributed by atoms with E-state index < -0.39 is 18.3 Å². The fourth-order valence-electron chi connectivity index (χ4n) is 2.60. The molecule has 0 aromatic rings. The van der Waals surface area contributed by atoms with Crippen molar-refractivity contribution in [1.29, 1.82) is 0 Å². The molecular formula is C12H19F3NO2. The minimum Gasteiger partial charge on any atom is -0.393 e. The van der Waals surface area contributed by atoms with Crippen molar-refractivity contribution in [2.75, 3.05) is 6.61 Å². The van der Waals surface area contributed by atoms with Crippen LogP contribution >= 0.6 is 0 Å². The minimum atomic E-state index is -4.26. The summed E-state index contributed by atoms with van der Waals surface area (Å²) in [6.07, 6.45) is -1.22. The van der Waals surface area contributed by atoms with Crippen LogP contribution < -0.4 is 5.32 Å². The molecule has 0 amide bonds. The summed E-state index contributed by atoms with van der Waals surface area (Å²) < 4.78 is 43.7. The summed E-state index contributed by atoms with van der Waals surface area (Å²) in [6.45, 7) is 0.333. The van der Waals surface area contributed by atoms with Crippen LogP contribution in [-0.4, -0.2) is 36.3 Å². The molecule has 1 saturated heterocycles. The van der Waals surface area contributed by atoms with Gasteiger partial charge in [-0.05, 0) is 38.5 Å². The smallest absolute Gasteiger partial charge is 0.393 e. The van der Waals surface area contributed by atoms with E-state index in [1.54, 1.807) is 0 Å². The van der Waals surface area contributed by atoms with Gasteiger partial charge >= 0.3 is 6.18 Å². The zero-order valence-corrected chi connectivity index (χ0v) is 10.1. The molecule has 105 valence electrons. The van der Waals surface area contributed by atoms with Crippen LogP contribution in [0.3, 0.4) is 0 Å². The molecule has 2 rings (SSSR count). The highest BCUT2D eigenvalue weighted by molar-refractivity contribution is 4.92. The number of ether oxygens (including phenoxy) is 1. The summed E-state index contributed by atoms with van der Waals surface area (Å²) in [5.74, 6) is -1.53. The number of hydrogen-bond donors (Lipinski definition) is 2. The third kappa shape index (κ3) is 3.59. The number of halogens is 3. The van der Waals surface area contributed by atoms with E-state index in [1.165, 1.54) is 6.42 Å². The van der Waals surface area contributed by atoms with Gasteiger partial charge in [-0.3, -0.25) is 5.32 Å². The second-order valence-corrected chi connectivity index (χ2v) is 5.06. The van der Waals surface area contributed by atoms with Gasteiger partial charge in [-0.1, -0.05) is 0 Å². The molecule has 2 fully saturated rings. The Kier molecular flexibility index (Phi) is 4.50. The Morgan fingerprint density at radius 3 is 2.44 bits per heavy atom. The summed E-state index contributed by atoms with van der Waals surface area (Å²) in [5, 5.41) is 12.3. The molecule has 1 saturated carbocycles. The molecule has 0 aromatic carbocycles. The van der Waals surface area contributed by atoms with Crippen molar-refractivity contribution in [3.8, 4) is 0 Å². The van der Waals surface area contributed by atoms with E-state index in [4.69, 9.17) is 4.74 Å². The molecule has 1 heterocycles. The highest BCUT2D eigenvalue weighted by Crippen LogP contribution is 2.35. The lowest BCUT2D eigenvalue weighted by molar-refractivity contribution is -0.213. The fraction of sp³-hybridized carbons (Fsp3) is 0.917. The summed E-state index contributed by atoms with van der Waals surface area (Å²) in [5.41, 5.74) is 0. The molecule has 2 aliphatic rings. The van der Waals surface area contributed by atoms with Gasteiger partial charge in [0.25, 0.3) is 0 Å². The fourth-order valence-corrected chi connectivity index (χ4v) is 2.60. The molecule has 2 N–H and O–H groups in total. The van der Waals surface area contributed by atoms with Crippen molar-refractivity contribution in [3.63, 3.8) is 0 Å². The summed E-state index contributed by atoms with van der Waals surface area (Å²) in [4.78, 5) is 0. The molecule has 1 radical (unpaired) electrons. The molecule has 0 aromatic heterocycles. The number of rotatable bonds is 2. The molecule has 0 unspecified atom stereocenters. The maximum Gasteiger partial charge on any atom is 0.395 e. The Bertz CT molecular complexity index is 265. The van der Waals surface area contributed by atoms with Crippen molar-refractivity contribution in [2.45, 2.75) is 56.7 Å². The molecule has 18 heavy (non-hydrogen) atoms. The highest BCUT2D eigenvalue weighted by atomic mass is 19.4. The Morgan fingerprint density at radius 2 is 1.83 bits per heavy atom. The van der Waals surface area contributed by atoms with Gasteiger partial charge in [0.15, 0.2) is 0 Å². The van der Waals surface area contributed by atoms with Gasteiger partial charge in [0.1, 0.15) is 6.23 Å². The van der Waals surface area contributed by atoms with E-state index >= 15 is 0 Å². The van der Waals surface area contributed by atoms with Crippen LogP contribution in [0, 0.1) is 12.3 Å². The molecule has 0 spiro atoms. The molecule has 1 aliphatic heterocycles. The number of nitrogens with one attached hydrogen (secondary N) is 1. The highest BCUT2D eigenvalue weighted by Gasteiger charge is 2.47. The van der Waals surface area contributed by atoms with Crippen molar-refractivity contribution in [2.24, 2.45) is 5.92 Å². The maximum atomic E-state index is 12.8. The predicted molar refractivity (Wildman–Crippen MR) is 59.6 cm³/mol. The Labute approximate surface area is 105 Å².